The van der Waals surface area contributed by atoms with E-state index in [1.807, 2.05) is 4.90 Å². The van der Waals surface area contributed by atoms with E-state index in [9.17, 15) is 18.4 Å². The van der Waals surface area contributed by atoms with Gasteiger partial charge in [0.05, 0.1) is 0 Å². The van der Waals surface area contributed by atoms with Crippen molar-refractivity contribution in [2.45, 2.75) is 52.9 Å². The average Bonchev–Trinajstić information content (AvgIpc) is 2.53. The molecule has 0 spiro atoms. The summed E-state index contributed by atoms with van der Waals surface area (Å²) in [7, 11) is 0. The predicted octanol–water partition coefficient (Wildman–Crippen LogP) is 2.77. The van der Waals surface area contributed by atoms with Crippen molar-refractivity contribution >= 4 is 11.8 Å². The third kappa shape index (κ3) is 4.01. The maximum Gasteiger partial charge on any atom is 0.252 e. The van der Waals surface area contributed by atoms with Gasteiger partial charge in [-0.05, 0) is 45.4 Å². The van der Waals surface area contributed by atoms with Gasteiger partial charge in [0.15, 0.2) is 0 Å². The number of likely N-dealkylation sites (tertiary alicyclic amines) is 2. The molecule has 132 valence electrons. The number of hydrogen-bond donors (Lipinski definition) is 0. The fraction of sp³-hybridized carbons (Fsp3) is 0.882. The molecular formula is C17H28F2N2O2. The number of carbonyl (C=O) groups excluding carboxylic acids is 2. The molecule has 2 saturated heterocycles. The summed E-state index contributed by atoms with van der Waals surface area (Å²) in [6.45, 7) is 7.16. The molecule has 0 saturated carbocycles. The molecule has 2 aliphatic heterocycles. The SMILES string of the molecule is C[C@@H]1CCCN(C(=O)C2CCN(C(=O)C(C)(C)C(F)F)CC2)C1. The maximum atomic E-state index is 13.0. The highest BCUT2D eigenvalue weighted by Crippen LogP contribution is 2.30. The Balaban J connectivity index is 1.88. The van der Waals surface area contributed by atoms with Crippen LogP contribution in [0.1, 0.15) is 46.5 Å². The van der Waals surface area contributed by atoms with Gasteiger partial charge in [-0.15, -0.1) is 0 Å². The van der Waals surface area contributed by atoms with Crippen LogP contribution in [0.25, 0.3) is 0 Å². The van der Waals surface area contributed by atoms with Gasteiger partial charge in [-0.1, -0.05) is 6.92 Å². The zero-order valence-electron chi connectivity index (χ0n) is 14.4. The van der Waals surface area contributed by atoms with Crippen LogP contribution in [0.2, 0.25) is 0 Å². The molecule has 2 heterocycles. The molecule has 0 bridgehead atoms. The van der Waals surface area contributed by atoms with E-state index in [0.29, 0.717) is 31.8 Å². The van der Waals surface area contributed by atoms with E-state index in [4.69, 9.17) is 0 Å². The minimum absolute atomic E-state index is 0.0704. The first kappa shape index (κ1) is 18.1. The zero-order valence-corrected chi connectivity index (χ0v) is 14.4. The lowest BCUT2D eigenvalue weighted by Gasteiger charge is -2.39. The smallest absolute Gasteiger partial charge is 0.252 e. The van der Waals surface area contributed by atoms with Gasteiger partial charge < -0.3 is 9.80 Å². The maximum absolute atomic E-state index is 13.0. The Morgan fingerprint density at radius 3 is 2.17 bits per heavy atom. The monoisotopic (exact) mass is 330 g/mol. The van der Waals surface area contributed by atoms with Crippen molar-refractivity contribution < 1.29 is 18.4 Å². The summed E-state index contributed by atoms with van der Waals surface area (Å²) >= 11 is 0. The Morgan fingerprint density at radius 2 is 1.65 bits per heavy atom. The minimum Gasteiger partial charge on any atom is -0.342 e. The second kappa shape index (κ2) is 7.14. The van der Waals surface area contributed by atoms with Crippen molar-refractivity contribution in [2.75, 3.05) is 26.2 Å². The molecule has 2 aliphatic rings. The summed E-state index contributed by atoms with van der Waals surface area (Å²) in [5, 5.41) is 0. The van der Waals surface area contributed by atoms with Crippen molar-refractivity contribution in [3.05, 3.63) is 0 Å². The van der Waals surface area contributed by atoms with E-state index in [1.165, 1.54) is 25.2 Å². The van der Waals surface area contributed by atoms with Gasteiger partial charge in [0.2, 0.25) is 11.8 Å². The van der Waals surface area contributed by atoms with Crippen LogP contribution in [-0.4, -0.2) is 54.2 Å². The number of rotatable bonds is 3. The molecule has 0 aromatic carbocycles. The molecule has 6 heteroatoms. The van der Waals surface area contributed by atoms with E-state index in [-0.39, 0.29) is 11.8 Å². The Morgan fingerprint density at radius 1 is 1.04 bits per heavy atom. The van der Waals surface area contributed by atoms with Crippen LogP contribution in [0, 0.1) is 17.3 Å². The van der Waals surface area contributed by atoms with Gasteiger partial charge in [-0.25, -0.2) is 8.78 Å². The van der Waals surface area contributed by atoms with Crippen LogP contribution in [0.3, 0.4) is 0 Å². The molecule has 0 aromatic rings. The Hall–Kier alpha value is -1.20. The van der Waals surface area contributed by atoms with E-state index in [1.54, 1.807) is 0 Å². The van der Waals surface area contributed by atoms with E-state index in [0.717, 1.165) is 19.5 Å². The average molecular weight is 330 g/mol. The fourth-order valence-corrected chi connectivity index (χ4v) is 3.48. The first-order valence-corrected chi connectivity index (χ1v) is 8.59. The van der Waals surface area contributed by atoms with Gasteiger partial charge in [-0.2, -0.15) is 0 Å². The molecule has 2 fully saturated rings. The molecule has 4 nitrogen and oxygen atoms in total. The quantitative estimate of drug-likeness (QED) is 0.798. The second-order valence-corrected chi connectivity index (χ2v) is 7.62. The summed E-state index contributed by atoms with van der Waals surface area (Å²) in [6.07, 6.45) is 0.694. The lowest BCUT2D eigenvalue weighted by molar-refractivity contribution is -0.152. The highest BCUT2D eigenvalue weighted by molar-refractivity contribution is 5.83. The van der Waals surface area contributed by atoms with Crippen molar-refractivity contribution in [1.29, 1.82) is 0 Å². The normalized spacial score (nSPS) is 24.2. The van der Waals surface area contributed by atoms with E-state index < -0.39 is 17.7 Å². The molecule has 0 aromatic heterocycles. The summed E-state index contributed by atoms with van der Waals surface area (Å²) in [5.74, 6) is 0.141. The number of nitrogens with zero attached hydrogens (tertiary/aromatic N) is 2. The van der Waals surface area contributed by atoms with Crippen molar-refractivity contribution in [3.8, 4) is 0 Å². The Labute approximate surface area is 137 Å². The molecule has 0 radical (unpaired) electrons. The number of halogens is 2. The standard InChI is InChI=1S/C17H28F2N2O2/c1-12-5-4-8-21(11-12)14(22)13-6-9-20(10-7-13)16(23)17(2,3)15(18)19/h12-13,15H,4-11H2,1-3H3/t12-/m1/s1. The van der Waals surface area contributed by atoms with E-state index >= 15 is 0 Å². The molecule has 0 aliphatic carbocycles. The zero-order chi connectivity index (χ0) is 17.2. The molecule has 2 rings (SSSR count). The van der Waals surface area contributed by atoms with Gasteiger partial charge in [0, 0.05) is 32.1 Å². The molecule has 1 atom stereocenters. The fourth-order valence-electron chi connectivity index (χ4n) is 3.48. The summed E-state index contributed by atoms with van der Waals surface area (Å²) in [4.78, 5) is 28.3. The number of piperidine rings is 2. The van der Waals surface area contributed by atoms with Gasteiger partial charge in [0.1, 0.15) is 5.41 Å². The van der Waals surface area contributed by atoms with Gasteiger partial charge in [-0.3, -0.25) is 9.59 Å². The number of hydrogen-bond acceptors (Lipinski definition) is 2. The van der Waals surface area contributed by atoms with Gasteiger partial charge >= 0.3 is 0 Å². The van der Waals surface area contributed by atoms with Crippen LogP contribution >= 0.6 is 0 Å². The molecule has 0 N–H and O–H groups in total. The lowest BCUT2D eigenvalue weighted by Crippen LogP contribution is -2.50. The van der Waals surface area contributed by atoms with Crippen LogP contribution in [0.4, 0.5) is 8.78 Å². The second-order valence-electron chi connectivity index (χ2n) is 7.62. The first-order valence-electron chi connectivity index (χ1n) is 8.59. The van der Waals surface area contributed by atoms with Crippen LogP contribution < -0.4 is 0 Å². The third-order valence-electron chi connectivity index (χ3n) is 5.20. The largest absolute Gasteiger partial charge is 0.342 e. The molecule has 23 heavy (non-hydrogen) atoms. The van der Waals surface area contributed by atoms with Crippen molar-refractivity contribution in [2.24, 2.45) is 17.3 Å². The molecular weight excluding hydrogens is 302 g/mol. The van der Waals surface area contributed by atoms with E-state index in [2.05, 4.69) is 6.92 Å². The number of alkyl halides is 2. The molecule has 2 amide bonds. The van der Waals surface area contributed by atoms with Crippen LogP contribution in [-0.2, 0) is 9.59 Å². The van der Waals surface area contributed by atoms with Crippen molar-refractivity contribution in [1.82, 2.24) is 9.80 Å². The first-order chi connectivity index (χ1) is 10.7. The molecule has 0 unspecified atom stereocenters. The third-order valence-corrected chi connectivity index (χ3v) is 5.20. The minimum atomic E-state index is -2.68. The summed E-state index contributed by atoms with van der Waals surface area (Å²) < 4.78 is 26.0. The predicted molar refractivity (Wildman–Crippen MR) is 84.1 cm³/mol. The van der Waals surface area contributed by atoms with Gasteiger partial charge in [0.25, 0.3) is 6.43 Å². The number of carbonyl (C=O) groups is 2. The summed E-state index contributed by atoms with van der Waals surface area (Å²) in [5.41, 5.74) is -1.65. The summed E-state index contributed by atoms with van der Waals surface area (Å²) in [6, 6.07) is 0. The number of amides is 2. The lowest BCUT2D eigenvalue weighted by atomic mass is 9.88. The van der Waals surface area contributed by atoms with Crippen LogP contribution in [0.15, 0.2) is 0 Å². The topological polar surface area (TPSA) is 40.6 Å². The highest BCUT2D eigenvalue weighted by Gasteiger charge is 2.42. The Bertz CT molecular complexity index is 446. The van der Waals surface area contributed by atoms with Crippen LogP contribution in [0.5, 0.6) is 0 Å². The Kier molecular flexibility index (Phi) is 5.63. The van der Waals surface area contributed by atoms with Crippen molar-refractivity contribution in [3.63, 3.8) is 0 Å². The highest BCUT2D eigenvalue weighted by atomic mass is 19.3.